The molecule has 2 saturated heterocycles. The molecule has 0 unspecified atom stereocenters. The largest absolute Gasteiger partial charge is 0.463 e. The van der Waals surface area contributed by atoms with Crippen LogP contribution in [0.3, 0.4) is 0 Å². The van der Waals surface area contributed by atoms with Crippen molar-refractivity contribution in [3.8, 4) is 11.5 Å². The van der Waals surface area contributed by atoms with E-state index in [4.69, 9.17) is 13.9 Å². The number of ether oxygens (including phenoxy) is 2. The predicted octanol–water partition coefficient (Wildman–Crippen LogP) is 2.54. The Kier molecular flexibility index (Phi) is 5.59. The van der Waals surface area contributed by atoms with Crippen LogP contribution >= 0.6 is 0 Å². The van der Waals surface area contributed by atoms with Gasteiger partial charge in [0.15, 0.2) is 5.76 Å². The van der Waals surface area contributed by atoms with Crippen LogP contribution < -0.4 is 15.5 Å². The first-order chi connectivity index (χ1) is 15.2. The minimum atomic E-state index is -0.0375. The third-order valence-electron chi connectivity index (χ3n) is 5.82. The van der Waals surface area contributed by atoms with Crippen molar-refractivity contribution in [1.82, 2.24) is 15.3 Å². The summed E-state index contributed by atoms with van der Waals surface area (Å²) in [5.74, 6) is 1.26. The second kappa shape index (κ2) is 8.66. The first kappa shape index (κ1) is 20.0. The molecule has 1 aromatic carbocycles. The maximum Gasteiger partial charge on any atom is 0.223 e. The van der Waals surface area contributed by atoms with Gasteiger partial charge in [0.25, 0.3) is 0 Å². The highest BCUT2D eigenvalue weighted by atomic mass is 16.6. The van der Waals surface area contributed by atoms with Gasteiger partial charge >= 0.3 is 0 Å². The fourth-order valence-electron chi connectivity index (χ4n) is 4.11. The van der Waals surface area contributed by atoms with Crippen LogP contribution in [0.2, 0.25) is 0 Å². The minimum absolute atomic E-state index is 0.00280. The van der Waals surface area contributed by atoms with E-state index in [2.05, 4.69) is 49.8 Å². The summed E-state index contributed by atoms with van der Waals surface area (Å²) in [5.41, 5.74) is 3.18. The molecule has 3 aromatic rings. The second-order valence-electron chi connectivity index (χ2n) is 8.14. The van der Waals surface area contributed by atoms with Crippen molar-refractivity contribution in [2.24, 2.45) is 0 Å². The number of hydrogen-bond donors (Lipinski definition) is 2. The number of nitrogens with zero attached hydrogens (tertiary/aromatic N) is 3. The average molecular weight is 422 g/mol. The lowest BCUT2D eigenvalue weighted by atomic mass is 10.1. The molecule has 31 heavy (non-hydrogen) atoms. The topological polar surface area (TPSA) is 84.7 Å². The lowest BCUT2D eigenvalue weighted by Gasteiger charge is -2.19. The summed E-state index contributed by atoms with van der Waals surface area (Å²) in [6.07, 6.45) is 3.33. The van der Waals surface area contributed by atoms with Gasteiger partial charge in [0, 0.05) is 32.5 Å². The van der Waals surface area contributed by atoms with E-state index in [0.29, 0.717) is 24.9 Å². The Morgan fingerprint density at radius 2 is 1.77 bits per heavy atom. The van der Waals surface area contributed by atoms with Crippen molar-refractivity contribution >= 4 is 11.6 Å². The lowest BCUT2D eigenvalue weighted by molar-refractivity contribution is 0.0675. The number of hydrogen-bond acceptors (Lipinski definition) is 8. The van der Waals surface area contributed by atoms with Crippen LogP contribution in [0.1, 0.15) is 5.56 Å². The molecule has 4 heterocycles. The van der Waals surface area contributed by atoms with Crippen LogP contribution in [0, 0.1) is 0 Å². The number of furan rings is 1. The summed E-state index contributed by atoms with van der Waals surface area (Å²) in [7, 11) is 4.09. The van der Waals surface area contributed by atoms with Crippen molar-refractivity contribution in [2.75, 3.05) is 37.5 Å². The highest BCUT2D eigenvalue weighted by Gasteiger charge is 2.47. The number of fused-ring (bicyclic) bond motifs is 1. The molecule has 0 radical (unpaired) electrons. The van der Waals surface area contributed by atoms with Gasteiger partial charge in [-0.3, -0.25) is 0 Å². The summed E-state index contributed by atoms with van der Waals surface area (Å²) in [6.45, 7) is 1.96. The predicted molar refractivity (Wildman–Crippen MR) is 118 cm³/mol. The molecule has 162 valence electrons. The molecule has 2 N–H and O–H groups in total. The highest BCUT2D eigenvalue weighted by molar-refractivity contribution is 5.53. The standard InChI is InChI=1S/C23H27N5O3/c1-28(2)16-7-5-15(6-8-16)12-25-18-13-30-22-19(14-31-21(18)22)27-23-24-10-9-17(26-23)20-4-3-11-29-20/h3-11,18-19,21-22,25H,12-14H2,1-2H3,(H,24,26,27)/t18-,19+,21-,22+/m1/s1. The smallest absolute Gasteiger partial charge is 0.223 e. The SMILES string of the molecule is CN(C)c1ccc(CN[C@@H]2CO[C@@H]3[C@@H]2OC[C@@H]3Nc2nccc(-c3ccco3)n2)cc1. The van der Waals surface area contributed by atoms with Crippen LogP contribution in [-0.2, 0) is 16.0 Å². The third kappa shape index (κ3) is 4.27. The van der Waals surface area contributed by atoms with Crippen molar-refractivity contribution < 1.29 is 13.9 Å². The molecule has 0 aliphatic carbocycles. The Morgan fingerprint density at radius 3 is 2.52 bits per heavy atom. The Hall–Kier alpha value is -2.94. The number of anilines is 2. The summed E-state index contributed by atoms with van der Waals surface area (Å²) in [6, 6.07) is 14.3. The maximum atomic E-state index is 6.09. The Morgan fingerprint density at radius 1 is 1.00 bits per heavy atom. The summed E-state index contributed by atoms with van der Waals surface area (Å²) >= 11 is 0. The maximum absolute atomic E-state index is 6.09. The van der Waals surface area contributed by atoms with Gasteiger partial charge in [-0.05, 0) is 35.9 Å². The van der Waals surface area contributed by atoms with E-state index < -0.39 is 0 Å². The van der Waals surface area contributed by atoms with E-state index in [0.717, 1.165) is 12.2 Å². The van der Waals surface area contributed by atoms with E-state index in [9.17, 15) is 0 Å². The fourth-order valence-corrected chi connectivity index (χ4v) is 4.11. The molecular weight excluding hydrogens is 394 g/mol. The molecule has 0 amide bonds. The quantitative estimate of drug-likeness (QED) is 0.602. The molecular formula is C23H27N5O3. The van der Waals surface area contributed by atoms with Gasteiger partial charge in [0.2, 0.25) is 5.95 Å². The Balaban J connectivity index is 1.18. The van der Waals surface area contributed by atoms with Crippen molar-refractivity contribution in [2.45, 2.75) is 30.8 Å². The number of nitrogens with one attached hydrogen (secondary N) is 2. The van der Waals surface area contributed by atoms with Crippen molar-refractivity contribution in [1.29, 1.82) is 0 Å². The van der Waals surface area contributed by atoms with Crippen LogP contribution in [0.4, 0.5) is 11.6 Å². The van der Waals surface area contributed by atoms with Crippen molar-refractivity contribution in [3.05, 3.63) is 60.5 Å². The van der Waals surface area contributed by atoms with Gasteiger partial charge in [0.1, 0.15) is 17.9 Å². The Labute approximate surface area is 181 Å². The first-order valence-electron chi connectivity index (χ1n) is 10.5. The molecule has 0 bridgehead atoms. The molecule has 8 heteroatoms. The summed E-state index contributed by atoms with van der Waals surface area (Å²) in [5, 5.41) is 6.97. The summed E-state index contributed by atoms with van der Waals surface area (Å²) in [4.78, 5) is 11.0. The fraction of sp³-hybridized carbons (Fsp3) is 0.391. The van der Waals surface area contributed by atoms with Crippen LogP contribution in [0.25, 0.3) is 11.5 Å². The third-order valence-corrected chi connectivity index (χ3v) is 5.82. The average Bonchev–Trinajstić information content (AvgIpc) is 3.53. The van der Waals surface area contributed by atoms with Gasteiger partial charge in [-0.2, -0.15) is 0 Å². The Bertz CT molecular complexity index is 993. The highest BCUT2D eigenvalue weighted by Crippen LogP contribution is 2.29. The van der Waals surface area contributed by atoms with Gasteiger partial charge in [-0.1, -0.05) is 12.1 Å². The van der Waals surface area contributed by atoms with E-state index in [1.807, 2.05) is 32.3 Å². The molecule has 2 fully saturated rings. The second-order valence-corrected chi connectivity index (χ2v) is 8.14. The molecule has 5 rings (SSSR count). The number of rotatable bonds is 7. The molecule has 2 aromatic heterocycles. The van der Waals surface area contributed by atoms with E-state index in [-0.39, 0.29) is 24.3 Å². The number of benzene rings is 1. The zero-order valence-electron chi connectivity index (χ0n) is 17.7. The van der Waals surface area contributed by atoms with Crippen LogP contribution in [0.15, 0.2) is 59.3 Å². The molecule has 8 nitrogen and oxygen atoms in total. The molecule has 0 saturated carbocycles. The number of aromatic nitrogens is 2. The van der Waals surface area contributed by atoms with E-state index in [1.165, 1.54) is 11.3 Å². The monoisotopic (exact) mass is 421 g/mol. The van der Waals surface area contributed by atoms with E-state index >= 15 is 0 Å². The molecule has 2 aliphatic rings. The van der Waals surface area contributed by atoms with Gasteiger partial charge in [-0.25, -0.2) is 9.97 Å². The van der Waals surface area contributed by atoms with Gasteiger partial charge in [0.05, 0.1) is 31.6 Å². The zero-order valence-corrected chi connectivity index (χ0v) is 17.7. The molecule has 0 spiro atoms. The van der Waals surface area contributed by atoms with Crippen LogP contribution in [-0.4, -0.2) is 61.6 Å². The van der Waals surface area contributed by atoms with Gasteiger partial charge < -0.3 is 29.4 Å². The lowest BCUT2D eigenvalue weighted by Crippen LogP contribution is -2.41. The van der Waals surface area contributed by atoms with Crippen LogP contribution in [0.5, 0.6) is 0 Å². The molecule has 4 atom stereocenters. The zero-order chi connectivity index (χ0) is 21.2. The minimum Gasteiger partial charge on any atom is -0.463 e. The summed E-state index contributed by atoms with van der Waals surface area (Å²) < 4.78 is 17.6. The van der Waals surface area contributed by atoms with Gasteiger partial charge in [-0.15, -0.1) is 0 Å². The van der Waals surface area contributed by atoms with E-state index in [1.54, 1.807) is 12.5 Å². The van der Waals surface area contributed by atoms with Crippen molar-refractivity contribution in [3.63, 3.8) is 0 Å². The first-order valence-corrected chi connectivity index (χ1v) is 10.5. The molecule has 2 aliphatic heterocycles. The normalized spacial score (nSPS) is 24.8.